The van der Waals surface area contributed by atoms with Gasteiger partial charge in [0.05, 0.1) is 0 Å². The number of ether oxygens (including phenoxy) is 1. The predicted octanol–water partition coefficient (Wildman–Crippen LogP) is 3.01. The molecule has 2 rings (SSSR count). The molecule has 1 fully saturated rings. The van der Waals surface area contributed by atoms with Crippen molar-refractivity contribution < 1.29 is 14.6 Å². The number of carboxylic acid groups (broad SMARTS) is 1. The van der Waals surface area contributed by atoms with Crippen LogP contribution in [0.4, 0.5) is 0 Å². The van der Waals surface area contributed by atoms with Crippen molar-refractivity contribution in [2.24, 2.45) is 0 Å². The SMILES string of the molecule is Cc1ccc(C)c(OCCN2CCCCC2(C)C(=O)O)c1. The Kier molecular flexibility index (Phi) is 4.88. The summed E-state index contributed by atoms with van der Waals surface area (Å²) in [4.78, 5) is 13.6. The van der Waals surface area contributed by atoms with Crippen molar-refractivity contribution in [1.82, 2.24) is 4.90 Å². The Labute approximate surface area is 126 Å². The Morgan fingerprint density at radius 3 is 2.86 bits per heavy atom. The fraction of sp³-hybridized carbons (Fsp3) is 0.588. The number of rotatable bonds is 5. The van der Waals surface area contributed by atoms with Crippen LogP contribution in [0, 0.1) is 13.8 Å². The lowest BCUT2D eigenvalue weighted by Gasteiger charge is -2.41. The zero-order valence-electron chi connectivity index (χ0n) is 13.2. The third kappa shape index (κ3) is 3.56. The molecular formula is C17H25NO3. The van der Waals surface area contributed by atoms with E-state index in [4.69, 9.17) is 4.74 Å². The van der Waals surface area contributed by atoms with E-state index >= 15 is 0 Å². The van der Waals surface area contributed by atoms with Gasteiger partial charge in [-0.3, -0.25) is 9.69 Å². The first kappa shape index (κ1) is 15.8. The van der Waals surface area contributed by atoms with Crippen molar-refractivity contribution in [1.29, 1.82) is 0 Å². The summed E-state index contributed by atoms with van der Waals surface area (Å²) in [5.74, 6) is 0.165. The molecule has 0 amide bonds. The molecule has 4 nitrogen and oxygen atoms in total. The Balaban J connectivity index is 1.95. The number of hydrogen-bond donors (Lipinski definition) is 1. The highest BCUT2D eigenvalue weighted by Crippen LogP contribution is 2.28. The molecule has 0 bridgehead atoms. The first-order valence-corrected chi connectivity index (χ1v) is 7.62. The van der Waals surface area contributed by atoms with Crippen LogP contribution in [-0.2, 0) is 4.79 Å². The van der Waals surface area contributed by atoms with Crippen molar-refractivity contribution >= 4 is 5.97 Å². The van der Waals surface area contributed by atoms with E-state index in [9.17, 15) is 9.90 Å². The summed E-state index contributed by atoms with van der Waals surface area (Å²) in [6, 6.07) is 6.14. The van der Waals surface area contributed by atoms with Gasteiger partial charge in [-0.2, -0.15) is 0 Å². The molecule has 1 aromatic carbocycles. The van der Waals surface area contributed by atoms with Crippen molar-refractivity contribution in [3.63, 3.8) is 0 Å². The molecule has 1 N–H and O–H groups in total. The number of nitrogens with zero attached hydrogens (tertiary/aromatic N) is 1. The van der Waals surface area contributed by atoms with E-state index in [2.05, 4.69) is 6.07 Å². The van der Waals surface area contributed by atoms with Crippen molar-refractivity contribution in [2.45, 2.75) is 45.6 Å². The van der Waals surface area contributed by atoms with Gasteiger partial charge in [-0.25, -0.2) is 0 Å². The average Bonchev–Trinajstić information content (AvgIpc) is 2.44. The van der Waals surface area contributed by atoms with Crippen LogP contribution in [0.2, 0.25) is 0 Å². The van der Waals surface area contributed by atoms with Crippen LogP contribution in [0.1, 0.15) is 37.3 Å². The van der Waals surface area contributed by atoms with Gasteiger partial charge in [-0.1, -0.05) is 12.1 Å². The van der Waals surface area contributed by atoms with E-state index in [-0.39, 0.29) is 0 Å². The molecule has 0 radical (unpaired) electrons. The van der Waals surface area contributed by atoms with Crippen LogP contribution < -0.4 is 4.74 Å². The number of aliphatic carboxylic acids is 1. The normalized spacial score (nSPS) is 23.0. The van der Waals surface area contributed by atoms with Crippen LogP contribution in [0.25, 0.3) is 0 Å². The molecule has 1 unspecified atom stereocenters. The summed E-state index contributed by atoms with van der Waals surface area (Å²) < 4.78 is 5.86. The predicted molar refractivity (Wildman–Crippen MR) is 82.9 cm³/mol. The van der Waals surface area contributed by atoms with Crippen LogP contribution in [-0.4, -0.2) is 41.2 Å². The van der Waals surface area contributed by atoms with Gasteiger partial charge in [0.25, 0.3) is 0 Å². The van der Waals surface area contributed by atoms with Crippen molar-refractivity contribution in [2.75, 3.05) is 19.7 Å². The maximum atomic E-state index is 11.5. The molecule has 0 aromatic heterocycles. The molecular weight excluding hydrogens is 266 g/mol. The zero-order chi connectivity index (χ0) is 15.5. The first-order valence-electron chi connectivity index (χ1n) is 7.62. The number of aryl methyl sites for hydroxylation is 2. The fourth-order valence-electron chi connectivity index (χ4n) is 2.91. The van der Waals surface area contributed by atoms with E-state index < -0.39 is 11.5 Å². The third-order valence-corrected chi connectivity index (χ3v) is 4.46. The highest BCUT2D eigenvalue weighted by Gasteiger charge is 2.40. The lowest BCUT2D eigenvalue weighted by Crippen LogP contribution is -2.56. The highest BCUT2D eigenvalue weighted by molar-refractivity contribution is 5.78. The first-order chi connectivity index (χ1) is 9.93. The molecule has 1 heterocycles. The molecule has 0 spiro atoms. The van der Waals surface area contributed by atoms with Gasteiger partial charge in [0.1, 0.15) is 17.9 Å². The molecule has 0 aliphatic carbocycles. The van der Waals surface area contributed by atoms with Gasteiger partial charge in [-0.05, 0) is 63.8 Å². The standard InChI is InChI=1S/C17H25NO3/c1-13-6-7-14(2)15(12-13)21-11-10-18-9-5-4-8-17(18,3)16(19)20/h6-7,12H,4-5,8-11H2,1-3H3,(H,19,20). The van der Waals surface area contributed by atoms with Gasteiger partial charge >= 0.3 is 5.97 Å². The molecule has 0 saturated carbocycles. The van der Waals surface area contributed by atoms with Crippen molar-refractivity contribution in [3.8, 4) is 5.75 Å². The van der Waals surface area contributed by atoms with Crippen LogP contribution >= 0.6 is 0 Å². The Morgan fingerprint density at radius 2 is 2.14 bits per heavy atom. The lowest BCUT2D eigenvalue weighted by molar-refractivity contribution is -0.153. The molecule has 1 aromatic rings. The summed E-state index contributed by atoms with van der Waals surface area (Å²) in [6.45, 7) is 7.89. The number of likely N-dealkylation sites (tertiary alicyclic amines) is 1. The molecule has 21 heavy (non-hydrogen) atoms. The van der Waals surface area contributed by atoms with E-state index in [1.807, 2.05) is 37.8 Å². The van der Waals surface area contributed by atoms with Gasteiger partial charge < -0.3 is 9.84 Å². The van der Waals surface area contributed by atoms with E-state index in [1.165, 1.54) is 5.56 Å². The molecule has 1 atom stereocenters. The number of carboxylic acids is 1. The minimum absolute atomic E-state index is 0.521. The summed E-state index contributed by atoms with van der Waals surface area (Å²) in [5.41, 5.74) is 1.53. The smallest absolute Gasteiger partial charge is 0.323 e. The molecule has 1 aliphatic rings. The monoisotopic (exact) mass is 291 g/mol. The second-order valence-corrected chi connectivity index (χ2v) is 6.14. The average molecular weight is 291 g/mol. The largest absolute Gasteiger partial charge is 0.492 e. The second kappa shape index (κ2) is 6.48. The Bertz CT molecular complexity index is 515. The number of piperidine rings is 1. The lowest BCUT2D eigenvalue weighted by atomic mass is 9.88. The molecule has 1 saturated heterocycles. The summed E-state index contributed by atoms with van der Waals surface area (Å²) in [7, 11) is 0. The highest BCUT2D eigenvalue weighted by atomic mass is 16.5. The fourth-order valence-corrected chi connectivity index (χ4v) is 2.91. The van der Waals surface area contributed by atoms with E-state index in [0.29, 0.717) is 19.6 Å². The van der Waals surface area contributed by atoms with Crippen LogP contribution in [0.5, 0.6) is 5.75 Å². The van der Waals surface area contributed by atoms with E-state index in [1.54, 1.807) is 0 Å². The van der Waals surface area contributed by atoms with Crippen LogP contribution in [0.15, 0.2) is 18.2 Å². The van der Waals surface area contributed by atoms with Gasteiger partial charge in [-0.15, -0.1) is 0 Å². The molecule has 1 aliphatic heterocycles. The minimum atomic E-state index is -0.747. The maximum absolute atomic E-state index is 11.5. The summed E-state index contributed by atoms with van der Waals surface area (Å²) in [5, 5.41) is 9.48. The molecule has 116 valence electrons. The van der Waals surface area contributed by atoms with Crippen LogP contribution in [0.3, 0.4) is 0 Å². The number of carbonyl (C=O) groups is 1. The van der Waals surface area contributed by atoms with E-state index in [0.717, 1.165) is 30.7 Å². The summed E-state index contributed by atoms with van der Waals surface area (Å²) in [6.07, 6.45) is 2.76. The summed E-state index contributed by atoms with van der Waals surface area (Å²) >= 11 is 0. The zero-order valence-corrected chi connectivity index (χ0v) is 13.2. The Hall–Kier alpha value is -1.55. The van der Waals surface area contributed by atoms with Gasteiger partial charge in [0, 0.05) is 6.54 Å². The molecule has 4 heteroatoms. The maximum Gasteiger partial charge on any atom is 0.323 e. The van der Waals surface area contributed by atoms with Gasteiger partial charge in [0.2, 0.25) is 0 Å². The third-order valence-electron chi connectivity index (χ3n) is 4.46. The Morgan fingerprint density at radius 1 is 1.38 bits per heavy atom. The topological polar surface area (TPSA) is 49.8 Å². The quantitative estimate of drug-likeness (QED) is 0.906. The van der Waals surface area contributed by atoms with Gasteiger partial charge in [0.15, 0.2) is 0 Å². The number of hydrogen-bond acceptors (Lipinski definition) is 3. The minimum Gasteiger partial charge on any atom is -0.492 e. The number of benzene rings is 1. The van der Waals surface area contributed by atoms with Crippen molar-refractivity contribution in [3.05, 3.63) is 29.3 Å². The second-order valence-electron chi connectivity index (χ2n) is 6.14.